The quantitative estimate of drug-likeness (QED) is 0.741. The number of fused-ring (bicyclic) bond motifs is 1. The number of hydrogen-bond donors (Lipinski definition) is 0. The maximum atomic E-state index is 11.3. The van der Waals surface area contributed by atoms with Gasteiger partial charge < -0.3 is 9.53 Å². The molecule has 1 aromatic rings. The third-order valence-electron chi connectivity index (χ3n) is 4.42. The van der Waals surface area contributed by atoms with E-state index in [2.05, 4.69) is 0 Å². The van der Waals surface area contributed by atoms with Crippen molar-refractivity contribution in [3.05, 3.63) is 29.8 Å². The van der Waals surface area contributed by atoms with E-state index in [1.807, 2.05) is 24.3 Å². The Bertz CT molecular complexity index is 421. The highest BCUT2D eigenvalue weighted by molar-refractivity contribution is 5.65. The first-order valence-corrected chi connectivity index (χ1v) is 7.09. The fourth-order valence-corrected chi connectivity index (χ4v) is 3.41. The molecule has 2 atom stereocenters. The van der Waals surface area contributed by atoms with E-state index < -0.39 is 0 Å². The molecule has 1 saturated carbocycles. The third-order valence-corrected chi connectivity index (χ3v) is 4.42. The average molecular weight is 244 g/mol. The van der Waals surface area contributed by atoms with Gasteiger partial charge in [0.25, 0.3) is 0 Å². The van der Waals surface area contributed by atoms with Gasteiger partial charge in [-0.15, -0.1) is 0 Å². The van der Waals surface area contributed by atoms with Gasteiger partial charge in [0.2, 0.25) is 0 Å². The zero-order valence-electron chi connectivity index (χ0n) is 10.7. The molecule has 0 bridgehead atoms. The van der Waals surface area contributed by atoms with Crippen molar-refractivity contribution in [2.75, 3.05) is 0 Å². The lowest BCUT2D eigenvalue weighted by Gasteiger charge is -2.36. The van der Waals surface area contributed by atoms with Crippen LogP contribution < -0.4 is 4.74 Å². The first-order chi connectivity index (χ1) is 8.88. The summed E-state index contributed by atoms with van der Waals surface area (Å²) in [7, 11) is 0. The molecule has 0 spiro atoms. The van der Waals surface area contributed by atoms with Gasteiger partial charge in [-0.3, -0.25) is 0 Å². The average Bonchev–Trinajstić information content (AvgIpc) is 2.47. The van der Waals surface area contributed by atoms with E-state index in [9.17, 15) is 4.79 Å². The second-order valence-corrected chi connectivity index (χ2v) is 5.57. The van der Waals surface area contributed by atoms with E-state index in [4.69, 9.17) is 4.74 Å². The lowest BCUT2D eigenvalue weighted by Crippen LogP contribution is -2.34. The van der Waals surface area contributed by atoms with Crippen LogP contribution in [0, 0.1) is 5.92 Å². The molecule has 1 aromatic carbocycles. The van der Waals surface area contributed by atoms with Gasteiger partial charge in [-0.1, -0.05) is 37.5 Å². The lowest BCUT2D eigenvalue weighted by atomic mass is 9.79. The number of para-hydroxylation sites is 1. The first-order valence-electron chi connectivity index (χ1n) is 7.09. The molecule has 2 unspecified atom stereocenters. The molecule has 1 fully saturated rings. The van der Waals surface area contributed by atoms with Crippen molar-refractivity contribution in [1.82, 2.24) is 0 Å². The predicted octanol–water partition coefficient (Wildman–Crippen LogP) is 3.70. The van der Waals surface area contributed by atoms with Crippen molar-refractivity contribution in [3.8, 4) is 5.75 Å². The second-order valence-electron chi connectivity index (χ2n) is 5.57. The number of ether oxygens (including phenoxy) is 1. The van der Waals surface area contributed by atoms with Crippen molar-refractivity contribution in [2.24, 2.45) is 5.92 Å². The van der Waals surface area contributed by atoms with Crippen LogP contribution in [-0.2, 0) is 4.79 Å². The molecular weight excluding hydrogens is 224 g/mol. The van der Waals surface area contributed by atoms with E-state index in [0.717, 1.165) is 24.0 Å². The van der Waals surface area contributed by atoms with Gasteiger partial charge in [0.05, 0.1) is 0 Å². The molecule has 0 aromatic heterocycles. The Labute approximate surface area is 108 Å². The highest BCUT2D eigenvalue weighted by Crippen LogP contribution is 2.40. The summed E-state index contributed by atoms with van der Waals surface area (Å²) >= 11 is 0. The Morgan fingerprint density at radius 3 is 2.67 bits per heavy atom. The van der Waals surface area contributed by atoms with Crippen LogP contribution in [0.15, 0.2) is 24.3 Å². The molecule has 18 heavy (non-hydrogen) atoms. The largest absolute Gasteiger partial charge is 0.490 e. The monoisotopic (exact) mass is 244 g/mol. The molecule has 3 rings (SSSR count). The highest BCUT2D eigenvalue weighted by Gasteiger charge is 2.33. The Hall–Kier alpha value is -1.31. The zero-order valence-corrected chi connectivity index (χ0v) is 10.7. The van der Waals surface area contributed by atoms with Crippen molar-refractivity contribution in [3.63, 3.8) is 0 Å². The molecule has 1 heterocycles. The van der Waals surface area contributed by atoms with E-state index in [0.29, 0.717) is 5.92 Å². The Morgan fingerprint density at radius 1 is 1.11 bits per heavy atom. The van der Waals surface area contributed by atoms with Crippen LogP contribution in [-0.4, -0.2) is 12.4 Å². The van der Waals surface area contributed by atoms with Crippen LogP contribution in [0.1, 0.15) is 50.0 Å². The highest BCUT2D eigenvalue weighted by atomic mass is 16.5. The SMILES string of the molecule is O=CC1CC(C2CCCCC2)Oc2ccccc21. The van der Waals surface area contributed by atoms with Gasteiger partial charge >= 0.3 is 0 Å². The number of rotatable bonds is 2. The molecular formula is C16H20O2. The normalized spacial score (nSPS) is 28.2. The minimum absolute atomic E-state index is 0.0295. The molecule has 96 valence electrons. The van der Waals surface area contributed by atoms with Gasteiger partial charge in [-0.2, -0.15) is 0 Å². The van der Waals surface area contributed by atoms with E-state index in [1.54, 1.807) is 0 Å². The fourth-order valence-electron chi connectivity index (χ4n) is 3.41. The summed E-state index contributed by atoms with van der Waals surface area (Å²) in [6.07, 6.45) is 8.72. The number of aldehydes is 1. The summed E-state index contributed by atoms with van der Waals surface area (Å²) in [5.41, 5.74) is 1.07. The van der Waals surface area contributed by atoms with E-state index in [-0.39, 0.29) is 12.0 Å². The van der Waals surface area contributed by atoms with Gasteiger partial charge in [0, 0.05) is 11.5 Å². The summed E-state index contributed by atoms with van der Waals surface area (Å²) in [5, 5.41) is 0. The molecule has 0 N–H and O–H groups in total. The molecule has 1 aliphatic heterocycles. The van der Waals surface area contributed by atoms with Gasteiger partial charge in [0.1, 0.15) is 18.1 Å². The molecule has 2 nitrogen and oxygen atoms in total. The lowest BCUT2D eigenvalue weighted by molar-refractivity contribution is -0.110. The van der Waals surface area contributed by atoms with Crippen molar-refractivity contribution >= 4 is 6.29 Å². The van der Waals surface area contributed by atoms with Crippen LogP contribution in [0.4, 0.5) is 0 Å². The molecule has 2 heteroatoms. The summed E-state index contributed by atoms with van der Waals surface area (Å²) in [4.78, 5) is 11.3. The second kappa shape index (κ2) is 5.13. The number of benzene rings is 1. The zero-order chi connectivity index (χ0) is 12.4. The maximum Gasteiger partial charge on any atom is 0.127 e. The van der Waals surface area contributed by atoms with Crippen LogP contribution >= 0.6 is 0 Å². The van der Waals surface area contributed by atoms with Crippen LogP contribution in [0.3, 0.4) is 0 Å². The number of carbonyl (C=O) groups excluding carboxylic acids is 1. The van der Waals surface area contributed by atoms with Crippen LogP contribution in [0.5, 0.6) is 5.75 Å². The standard InChI is InChI=1S/C16H20O2/c17-11-13-10-16(12-6-2-1-3-7-12)18-15-9-5-4-8-14(13)15/h4-5,8-9,11-13,16H,1-3,6-7,10H2. The van der Waals surface area contributed by atoms with Crippen molar-refractivity contribution in [1.29, 1.82) is 0 Å². The van der Waals surface area contributed by atoms with Crippen LogP contribution in [0.25, 0.3) is 0 Å². The molecule has 2 aliphatic rings. The Kier molecular flexibility index (Phi) is 3.35. The summed E-state index contributed by atoms with van der Waals surface area (Å²) < 4.78 is 6.14. The summed E-state index contributed by atoms with van der Waals surface area (Å²) in [6.45, 7) is 0. The fraction of sp³-hybridized carbons (Fsp3) is 0.562. The van der Waals surface area contributed by atoms with E-state index in [1.165, 1.54) is 32.1 Å². The number of carbonyl (C=O) groups is 1. The smallest absolute Gasteiger partial charge is 0.127 e. The van der Waals surface area contributed by atoms with Crippen molar-refractivity contribution in [2.45, 2.75) is 50.5 Å². The van der Waals surface area contributed by atoms with Gasteiger partial charge in [0.15, 0.2) is 0 Å². The van der Waals surface area contributed by atoms with Crippen molar-refractivity contribution < 1.29 is 9.53 Å². The minimum Gasteiger partial charge on any atom is -0.490 e. The molecule has 0 amide bonds. The number of hydrogen-bond acceptors (Lipinski definition) is 2. The third kappa shape index (κ3) is 2.16. The molecule has 0 radical (unpaired) electrons. The van der Waals surface area contributed by atoms with Crippen LogP contribution in [0.2, 0.25) is 0 Å². The predicted molar refractivity (Wildman–Crippen MR) is 70.9 cm³/mol. The molecule has 1 aliphatic carbocycles. The van der Waals surface area contributed by atoms with E-state index >= 15 is 0 Å². The van der Waals surface area contributed by atoms with Gasteiger partial charge in [-0.25, -0.2) is 0 Å². The summed E-state index contributed by atoms with van der Waals surface area (Å²) in [6, 6.07) is 8.00. The van der Waals surface area contributed by atoms with Gasteiger partial charge in [-0.05, 0) is 31.2 Å². The first kappa shape index (κ1) is 11.8. The topological polar surface area (TPSA) is 26.3 Å². The maximum absolute atomic E-state index is 11.3. The Balaban J connectivity index is 1.82. The Morgan fingerprint density at radius 2 is 1.89 bits per heavy atom. The summed E-state index contributed by atoms with van der Waals surface area (Å²) in [5.74, 6) is 1.60. The molecule has 0 saturated heterocycles. The minimum atomic E-state index is 0.0295.